The van der Waals surface area contributed by atoms with Crippen LogP contribution in [0.5, 0.6) is 0 Å². The molecule has 2 heterocycles. The number of H-pyrrole nitrogens is 1. The fraction of sp³-hybridized carbons (Fsp3) is 0.450. The van der Waals surface area contributed by atoms with E-state index in [4.69, 9.17) is 4.74 Å². The Morgan fingerprint density at radius 3 is 2.72 bits per heavy atom. The Morgan fingerprint density at radius 1 is 1.28 bits per heavy atom. The molecule has 3 rings (SSSR count). The summed E-state index contributed by atoms with van der Waals surface area (Å²) in [5.74, 6) is -1.34. The zero-order valence-corrected chi connectivity index (χ0v) is 16.5. The first-order valence-corrected chi connectivity index (χ1v) is 9.59. The second kappa shape index (κ2) is 8.85. The number of fused-ring (bicyclic) bond motifs is 1. The highest BCUT2D eigenvalue weighted by molar-refractivity contribution is 6.05. The molecule has 1 aliphatic rings. The third-order valence-corrected chi connectivity index (χ3v) is 5.01. The molecule has 1 aromatic carbocycles. The van der Waals surface area contributed by atoms with Gasteiger partial charge in [0.05, 0.1) is 24.5 Å². The maximum atomic E-state index is 12.8. The SMILES string of the molecule is CCOC(=O)C1CCCN(C(=O)CN(C)C(=O)c2n[nH]c(=O)c3ccccc23)C1. The number of aromatic amines is 1. The molecular weight excluding hydrogens is 376 g/mol. The van der Waals surface area contributed by atoms with Crippen molar-refractivity contribution < 1.29 is 19.1 Å². The van der Waals surface area contributed by atoms with Gasteiger partial charge in [0.1, 0.15) is 0 Å². The minimum absolute atomic E-state index is 0.0820. The number of hydrogen-bond acceptors (Lipinski definition) is 6. The van der Waals surface area contributed by atoms with Crippen LogP contribution in [0.15, 0.2) is 29.1 Å². The quantitative estimate of drug-likeness (QED) is 0.743. The molecule has 9 heteroatoms. The molecular formula is C20H24N4O5. The number of ether oxygens (including phenoxy) is 1. The summed E-state index contributed by atoms with van der Waals surface area (Å²) >= 11 is 0. The number of esters is 1. The van der Waals surface area contributed by atoms with Crippen molar-refractivity contribution in [2.45, 2.75) is 19.8 Å². The third kappa shape index (κ3) is 4.44. The number of likely N-dealkylation sites (tertiary alicyclic amines) is 1. The largest absolute Gasteiger partial charge is 0.466 e. The van der Waals surface area contributed by atoms with E-state index in [9.17, 15) is 19.2 Å². The molecule has 1 saturated heterocycles. The highest BCUT2D eigenvalue weighted by Crippen LogP contribution is 2.19. The Hall–Kier alpha value is -3.23. The molecule has 0 saturated carbocycles. The zero-order valence-electron chi connectivity index (χ0n) is 16.5. The summed E-state index contributed by atoms with van der Waals surface area (Å²) < 4.78 is 5.06. The number of hydrogen-bond donors (Lipinski definition) is 1. The Kier molecular flexibility index (Phi) is 6.26. The molecule has 1 atom stereocenters. The summed E-state index contributed by atoms with van der Waals surface area (Å²) in [6, 6.07) is 6.68. The minimum atomic E-state index is -0.468. The fourth-order valence-electron chi connectivity index (χ4n) is 3.49. The van der Waals surface area contributed by atoms with Crippen LogP contribution in [0.4, 0.5) is 0 Å². The molecule has 1 unspecified atom stereocenters. The van der Waals surface area contributed by atoms with Gasteiger partial charge in [-0.15, -0.1) is 0 Å². The van der Waals surface area contributed by atoms with Crippen LogP contribution >= 0.6 is 0 Å². The van der Waals surface area contributed by atoms with Crippen molar-refractivity contribution in [1.82, 2.24) is 20.0 Å². The van der Waals surface area contributed by atoms with Crippen LogP contribution in [0.2, 0.25) is 0 Å². The van der Waals surface area contributed by atoms with E-state index in [1.54, 1.807) is 36.1 Å². The molecule has 0 radical (unpaired) electrons. The maximum absolute atomic E-state index is 12.8. The van der Waals surface area contributed by atoms with Gasteiger partial charge in [-0.3, -0.25) is 19.2 Å². The van der Waals surface area contributed by atoms with Gasteiger partial charge in [-0.2, -0.15) is 5.10 Å². The molecule has 2 aromatic rings. The lowest BCUT2D eigenvalue weighted by Gasteiger charge is -2.32. The van der Waals surface area contributed by atoms with Crippen LogP contribution in [-0.4, -0.2) is 71.1 Å². The standard InChI is InChI=1S/C20H24N4O5/c1-3-29-20(28)13-7-6-10-24(11-13)16(25)12-23(2)19(27)17-14-8-4-5-9-15(14)18(26)22-21-17/h4-5,8-9,13H,3,6-7,10-12H2,1-2H3,(H,22,26). The monoisotopic (exact) mass is 400 g/mol. The fourth-order valence-corrected chi connectivity index (χ4v) is 3.49. The first-order chi connectivity index (χ1) is 13.9. The summed E-state index contributed by atoms with van der Waals surface area (Å²) in [6.45, 7) is 2.74. The molecule has 0 bridgehead atoms. The molecule has 154 valence electrons. The van der Waals surface area contributed by atoms with Crippen molar-refractivity contribution in [1.29, 1.82) is 0 Å². The molecule has 29 heavy (non-hydrogen) atoms. The number of amides is 2. The number of nitrogens with one attached hydrogen (secondary N) is 1. The van der Waals surface area contributed by atoms with E-state index in [2.05, 4.69) is 10.2 Å². The Bertz CT molecular complexity index is 986. The van der Waals surface area contributed by atoms with E-state index < -0.39 is 5.91 Å². The van der Waals surface area contributed by atoms with E-state index in [1.807, 2.05) is 0 Å². The predicted molar refractivity (Wildman–Crippen MR) is 105 cm³/mol. The van der Waals surface area contributed by atoms with E-state index in [0.717, 1.165) is 0 Å². The van der Waals surface area contributed by atoms with Crippen molar-refractivity contribution in [2.75, 3.05) is 33.3 Å². The molecule has 1 fully saturated rings. The average Bonchev–Trinajstić information content (AvgIpc) is 2.74. The van der Waals surface area contributed by atoms with Crippen molar-refractivity contribution in [3.63, 3.8) is 0 Å². The number of carbonyl (C=O) groups is 3. The van der Waals surface area contributed by atoms with Crippen molar-refractivity contribution >= 4 is 28.6 Å². The molecule has 1 N–H and O–H groups in total. The van der Waals surface area contributed by atoms with Gasteiger partial charge in [-0.05, 0) is 25.8 Å². The third-order valence-electron chi connectivity index (χ3n) is 5.01. The number of nitrogens with zero attached hydrogens (tertiary/aromatic N) is 3. The van der Waals surface area contributed by atoms with Crippen LogP contribution in [0, 0.1) is 5.92 Å². The molecule has 0 aliphatic carbocycles. The topological polar surface area (TPSA) is 113 Å². The van der Waals surface area contributed by atoms with E-state index in [-0.39, 0.29) is 35.6 Å². The van der Waals surface area contributed by atoms with Crippen LogP contribution in [0.1, 0.15) is 30.3 Å². The lowest BCUT2D eigenvalue weighted by atomic mass is 9.98. The van der Waals surface area contributed by atoms with Gasteiger partial charge >= 0.3 is 5.97 Å². The number of likely N-dealkylation sites (N-methyl/N-ethyl adjacent to an activating group) is 1. The lowest BCUT2D eigenvalue weighted by molar-refractivity contribution is -0.151. The van der Waals surface area contributed by atoms with Gasteiger partial charge in [-0.25, -0.2) is 5.10 Å². The summed E-state index contributed by atoms with van der Waals surface area (Å²) in [5.41, 5.74) is -0.298. The van der Waals surface area contributed by atoms with Gasteiger partial charge in [0.15, 0.2) is 5.69 Å². The van der Waals surface area contributed by atoms with Crippen LogP contribution in [0.3, 0.4) is 0 Å². The molecule has 9 nitrogen and oxygen atoms in total. The van der Waals surface area contributed by atoms with Crippen molar-refractivity contribution in [2.24, 2.45) is 5.92 Å². The zero-order chi connectivity index (χ0) is 21.0. The minimum Gasteiger partial charge on any atom is -0.466 e. The van der Waals surface area contributed by atoms with Gasteiger partial charge in [0.25, 0.3) is 11.5 Å². The predicted octanol–water partition coefficient (Wildman–Crippen LogP) is 0.797. The Morgan fingerprint density at radius 2 is 2.00 bits per heavy atom. The second-order valence-corrected chi connectivity index (χ2v) is 7.04. The highest BCUT2D eigenvalue weighted by atomic mass is 16.5. The van der Waals surface area contributed by atoms with Gasteiger partial charge in [-0.1, -0.05) is 18.2 Å². The molecule has 2 amide bonds. The number of benzene rings is 1. The number of piperidine rings is 1. The number of aromatic nitrogens is 2. The van der Waals surface area contributed by atoms with E-state index in [1.165, 1.54) is 11.9 Å². The van der Waals surface area contributed by atoms with Gasteiger partial charge in [0.2, 0.25) is 5.91 Å². The number of rotatable bonds is 5. The van der Waals surface area contributed by atoms with Gasteiger partial charge < -0.3 is 14.5 Å². The first kappa shape index (κ1) is 20.5. The molecule has 0 spiro atoms. The molecule has 1 aliphatic heterocycles. The van der Waals surface area contributed by atoms with E-state index in [0.29, 0.717) is 43.3 Å². The summed E-state index contributed by atoms with van der Waals surface area (Å²) in [7, 11) is 1.51. The Labute approximate surface area is 167 Å². The highest BCUT2D eigenvalue weighted by Gasteiger charge is 2.30. The lowest BCUT2D eigenvalue weighted by Crippen LogP contribution is -2.47. The summed E-state index contributed by atoms with van der Waals surface area (Å²) in [6.07, 6.45) is 1.39. The second-order valence-electron chi connectivity index (χ2n) is 7.04. The normalized spacial score (nSPS) is 16.5. The van der Waals surface area contributed by atoms with Gasteiger partial charge in [0, 0.05) is 25.5 Å². The van der Waals surface area contributed by atoms with Crippen LogP contribution in [0.25, 0.3) is 10.8 Å². The summed E-state index contributed by atoms with van der Waals surface area (Å²) in [4.78, 5) is 52.3. The first-order valence-electron chi connectivity index (χ1n) is 9.59. The molecule has 1 aromatic heterocycles. The van der Waals surface area contributed by atoms with Crippen molar-refractivity contribution in [3.8, 4) is 0 Å². The van der Waals surface area contributed by atoms with Crippen LogP contribution < -0.4 is 5.56 Å². The van der Waals surface area contributed by atoms with Crippen molar-refractivity contribution in [3.05, 3.63) is 40.3 Å². The summed E-state index contributed by atoms with van der Waals surface area (Å²) in [5, 5.41) is 7.01. The smallest absolute Gasteiger partial charge is 0.310 e. The Balaban J connectivity index is 1.70. The number of carbonyl (C=O) groups excluding carboxylic acids is 3. The maximum Gasteiger partial charge on any atom is 0.310 e. The van der Waals surface area contributed by atoms with Crippen LogP contribution in [-0.2, 0) is 14.3 Å². The van der Waals surface area contributed by atoms with E-state index >= 15 is 0 Å². The average molecular weight is 400 g/mol.